The normalized spacial score (nSPS) is 26.2. The molecule has 14 heteroatoms. The zero-order valence-electron chi connectivity index (χ0n) is 31.1. The van der Waals surface area contributed by atoms with Crippen molar-refractivity contribution in [2.24, 2.45) is 11.3 Å². The lowest BCUT2D eigenvalue weighted by molar-refractivity contribution is -0.143. The van der Waals surface area contributed by atoms with Crippen molar-refractivity contribution in [3.63, 3.8) is 0 Å². The van der Waals surface area contributed by atoms with Crippen molar-refractivity contribution in [2.45, 2.75) is 95.2 Å². The highest BCUT2D eigenvalue weighted by Gasteiger charge is 2.62. The first kappa shape index (κ1) is 37.5. The second-order valence-electron chi connectivity index (χ2n) is 15.9. The van der Waals surface area contributed by atoms with Crippen LogP contribution in [0.1, 0.15) is 66.2 Å². The summed E-state index contributed by atoms with van der Waals surface area (Å²) >= 11 is 0. The summed E-state index contributed by atoms with van der Waals surface area (Å²) in [5, 5.41) is 6.95. The molecule has 3 aromatic rings. The van der Waals surface area contributed by atoms with Crippen molar-refractivity contribution in [3.8, 4) is 22.6 Å². The van der Waals surface area contributed by atoms with Crippen LogP contribution in [0.25, 0.3) is 21.9 Å². The van der Waals surface area contributed by atoms with E-state index in [1.807, 2.05) is 67.6 Å². The van der Waals surface area contributed by atoms with E-state index in [0.717, 1.165) is 21.9 Å². The first-order valence-corrected chi connectivity index (χ1v) is 20.3. The second kappa shape index (κ2) is 14.4. The first-order valence-electron chi connectivity index (χ1n) is 18.7. The van der Waals surface area contributed by atoms with Crippen LogP contribution in [0.4, 0.5) is 4.79 Å². The summed E-state index contributed by atoms with van der Waals surface area (Å²) in [5.41, 5.74) is -0.592. The molecule has 0 radical (unpaired) electrons. The Kier molecular flexibility index (Phi) is 10.0. The average Bonchev–Trinajstić information content (AvgIpc) is 4.06. The number of alkyl carbamates (subject to hydrolysis) is 1. The third-order valence-electron chi connectivity index (χ3n) is 10.8. The maximum atomic E-state index is 14.6. The number of carbonyl (C=O) groups is 4. The Morgan fingerprint density at radius 1 is 0.981 bits per heavy atom. The molecule has 0 spiro atoms. The lowest BCUT2D eigenvalue weighted by Gasteiger charge is -2.35. The minimum atomic E-state index is -3.87. The van der Waals surface area contributed by atoms with Gasteiger partial charge in [-0.1, -0.05) is 70.5 Å². The minimum Gasteiger partial charge on any atom is -0.493 e. The number of nitrogens with zero attached hydrogens (tertiary/aromatic N) is 1. The summed E-state index contributed by atoms with van der Waals surface area (Å²) in [6.07, 6.45) is 0.788. The zero-order chi connectivity index (χ0) is 38.4. The van der Waals surface area contributed by atoms with Gasteiger partial charge in [0.15, 0.2) is 0 Å². The van der Waals surface area contributed by atoms with Gasteiger partial charge in [0.2, 0.25) is 21.8 Å². The third kappa shape index (κ3) is 7.71. The Hall–Kier alpha value is -4.85. The average molecular weight is 761 g/mol. The van der Waals surface area contributed by atoms with Gasteiger partial charge in [-0.15, -0.1) is 0 Å². The maximum Gasteiger partial charge on any atom is 0.407 e. The van der Waals surface area contributed by atoms with Crippen LogP contribution >= 0.6 is 0 Å². The van der Waals surface area contributed by atoms with Crippen molar-refractivity contribution in [1.82, 2.24) is 20.3 Å². The number of benzene rings is 3. The molecule has 4 aliphatic rings. The van der Waals surface area contributed by atoms with Crippen LogP contribution in [0.15, 0.2) is 60.7 Å². The topological polar surface area (TPSA) is 169 Å². The van der Waals surface area contributed by atoms with E-state index in [1.54, 1.807) is 20.8 Å². The maximum absolute atomic E-state index is 14.6. The number of rotatable bonds is 6. The standard InChI is InChI=1S/C40H48N4O9S/c1-5-27-22-40(27,37(47)43-54(49,50)30-14-15-30)42-35(45)32-21-29-23-44(32)36(46)34(39(2,3)4)41-38(48)52-17-9-16-51-28-13-8-12-26(18-28)31-19-24-10-6-7-11-25(24)20-33(31)53-29/h6-8,10-13,18-20,27,29-30,32,34H,5,9,14-17,21-23H2,1-4H3,(H,41,48)(H,42,45)(H,43,47)/t27-,29?,32+,34-,40?/m1/s1. The first-order chi connectivity index (χ1) is 25.7. The van der Waals surface area contributed by atoms with E-state index in [9.17, 15) is 27.6 Å². The minimum absolute atomic E-state index is 0.00209. The SMILES string of the molecule is CC[C@@H]1CC1(NC(=O)[C@@H]1CC2CN1C(=O)[C@H](C(C)(C)C)NC(=O)OCCCOc1cccc(c1)-c1cc3ccccc3cc1O2)C(=O)NS(=O)(=O)C1CC1. The zero-order valence-corrected chi connectivity index (χ0v) is 31.9. The smallest absolute Gasteiger partial charge is 0.407 e. The van der Waals surface area contributed by atoms with Gasteiger partial charge in [-0.05, 0) is 71.2 Å². The van der Waals surface area contributed by atoms with E-state index >= 15 is 0 Å². The van der Waals surface area contributed by atoms with Crippen molar-refractivity contribution in [1.29, 1.82) is 0 Å². The highest BCUT2D eigenvalue weighted by Crippen LogP contribution is 2.47. The van der Waals surface area contributed by atoms with Crippen LogP contribution in [0, 0.1) is 11.3 Å². The summed E-state index contributed by atoms with van der Waals surface area (Å²) in [4.78, 5) is 57.1. The van der Waals surface area contributed by atoms with E-state index in [2.05, 4.69) is 15.4 Å². The van der Waals surface area contributed by atoms with Gasteiger partial charge < -0.3 is 29.7 Å². The van der Waals surface area contributed by atoms with E-state index in [4.69, 9.17) is 14.2 Å². The summed E-state index contributed by atoms with van der Waals surface area (Å²) in [6.45, 7) is 7.63. The molecule has 2 saturated carbocycles. The van der Waals surface area contributed by atoms with Crippen LogP contribution in [0.2, 0.25) is 0 Å². The molecule has 54 heavy (non-hydrogen) atoms. The van der Waals surface area contributed by atoms with E-state index in [-0.39, 0.29) is 38.5 Å². The molecule has 13 nitrogen and oxygen atoms in total. The highest BCUT2D eigenvalue weighted by molar-refractivity contribution is 7.91. The molecule has 1 saturated heterocycles. The van der Waals surface area contributed by atoms with Crippen molar-refractivity contribution in [3.05, 3.63) is 60.7 Å². The van der Waals surface area contributed by atoms with Gasteiger partial charge in [-0.3, -0.25) is 19.1 Å². The van der Waals surface area contributed by atoms with Crippen molar-refractivity contribution in [2.75, 3.05) is 19.8 Å². The van der Waals surface area contributed by atoms with Gasteiger partial charge >= 0.3 is 6.09 Å². The van der Waals surface area contributed by atoms with E-state index in [0.29, 0.717) is 37.2 Å². The van der Waals surface area contributed by atoms with Crippen LogP contribution in [0.3, 0.4) is 0 Å². The molecule has 2 aliphatic heterocycles. The number of sulfonamides is 1. The molecule has 2 unspecified atom stereocenters. The third-order valence-corrected chi connectivity index (χ3v) is 12.7. The second-order valence-corrected chi connectivity index (χ2v) is 17.9. The predicted molar refractivity (Wildman–Crippen MR) is 201 cm³/mol. The number of hydrogen-bond donors (Lipinski definition) is 3. The van der Waals surface area contributed by atoms with Gasteiger partial charge in [0, 0.05) is 18.4 Å². The molecular formula is C40H48N4O9S. The Labute approximate surface area is 315 Å². The number of fused-ring (bicyclic) bond motifs is 7. The number of carbonyl (C=O) groups excluding carboxylic acids is 4. The molecule has 7 rings (SSSR count). The Balaban J connectivity index is 1.25. The van der Waals surface area contributed by atoms with Gasteiger partial charge in [-0.2, -0.15) is 0 Å². The number of cyclic esters (lactones) is 1. The molecule has 2 aliphatic carbocycles. The van der Waals surface area contributed by atoms with Crippen LogP contribution in [0.5, 0.6) is 11.5 Å². The fourth-order valence-corrected chi connectivity index (χ4v) is 8.90. The number of hydrogen-bond acceptors (Lipinski definition) is 9. The number of nitrogens with one attached hydrogen (secondary N) is 3. The molecule has 2 heterocycles. The molecular weight excluding hydrogens is 713 g/mol. The monoisotopic (exact) mass is 760 g/mol. The lowest BCUT2D eigenvalue weighted by atomic mass is 9.85. The van der Waals surface area contributed by atoms with E-state index in [1.165, 1.54) is 4.90 Å². The Bertz CT molecular complexity index is 2080. The summed E-state index contributed by atoms with van der Waals surface area (Å²) < 4.78 is 46.0. The van der Waals surface area contributed by atoms with Crippen LogP contribution in [-0.4, -0.2) is 85.9 Å². The summed E-state index contributed by atoms with van der Waals surface area (Å²) in [5.74, 6) is -0.982. The lowest BCUT2D eigenvalue weighted by Crippen LogP contribution is -2.60. The molecule has 288 valence electrons. The number of amides is 4. The molecule has 4 amide bonds. The predicted octanol–water partition coefficient (Wildman–Crippen LogP) is 4.67. The summed E-state index contributed by atoms with van der Waals surface area (Å²) in [7, 11) is -3.87. The Morgan fingerprint density at radius 2 is 1.70 bits per heavy atom. The molecule has 0 aromatic heterocycles. The van der Waals surface area contributed by atoms with Crippen molar-refractivity contribution >= 4 is 44.6 Å². The fraction of sp³-hybridized carbons (Fsp3) is 0.500. The van der Waals surface area contributed by atoms with Crippen LogP contribution < -0.4 is 24.8 Å². The fourth-order valence-electron chi connectivity index (χ4n) is 7.53. The molecule has 3 N–H and O–H groups in total. The molecule has 4 bridgehead atoms. The summed E-state index contributed by atoms with van der Waals surface area (Å²) in [6, 6.07) is 17.3. The molecule has 5 atom stereocenters. The highest BCUT2D eigenvalue weighted by atomic mass is 32.2. The molecule has 3 aromatic carbocycles. The van der Waals surface area contributed by atoms with Crippen molar-refractivity contribution < 1.29 is 41.8 Å². The van der Waals surface area contributed by atoms with Gasteiger partial charge in [0.05, 0.1) is 25.0 Å². The van der Waals surface area contributed by atoms with Gasteiger partial charge in [-0.25, -0.2) is 13.2 Å². The quantitative estimate of drug-likeness (QED) is 0.323. The van der Waals surface area contributed by atoms with E-state index < -0.39 is 68.2 Å². The van der Waals surface area contributed by atoms with Gasteiger partial charge in [0.25, 0.3) is 5.91 Å². The largest absolute Gasteiger partial charge is 0.493 e. The number of ether oxygens (including phenoxy) is 3. The van der Waals surface area contributed by atoms with Gasteiger partial charge in [0.1, 0.15) is 35.2 Å². The Morgan fingerprint density at radius 3 is 2.39 bits per heavy atom. The molecule has 3 fully saturated rings. The van der Waals surface area contributed by atoms with Crippen LogP contribution in [-0.2, 0) is 29.1 Å².